The third-order valence-electron chi connectivity index (χ3n) is 0.548. The molecule has 0 aliphatic rings. The summed E-state index contributed by atoms with van der Waals surface area (Å²) in [6.45, 7) is 1.46. The van der Waals surface area contributed by atoms with E-state index in [1.807, 2.05) is 0 Å². The van der Waals surface area contributed by atoms with Crippen molar-refractivity contribution in [3.63, 3.8) is 0 Å². The average Bonchev–Trinajstić information content (AvgIpc) is 1.62. The van der Waals surface area contributed by atoms with Crippen LogP contribution in [0.25, 0.3) is 0 Å². The summed E-state index contributed by atoms with van der Waals surface area (Å²) in [5, 5.41) is 0. The molecule has 53 valence electrons. The number of nitrogens with one attached hydrogen (secondary N) is 1. The van der Waals surface area contributed by atoms with Gasteiger partial charge in [-0.3, -0.25) is 9.52 Å². The zero-order valence-corrected chi connectivity index (χ0v) is 6.03. The lowest BCUT2D eigenvalue weighted by Gasteiger charge is -1.96. The summed E-state index contributed by atoms with van der Waals surface area (Å²) in [5.41, 5.74) is 0. The van der Waals surface area contributed by atoms with Crippen LogP contribution < -0.4 is 4.72 Å². The van der Waals surface area contributed by atoms with Crippen molar-refractivity contribution in [2.24, 2.45) is 0 Å². The molecular weight excluding hydrogens is 142 g/mol. The Balaban J connectivity index is 3.91. The molecule has 0 atom stereocenters. The Hall–Kier alpha value is -0.580. The first-order valence-electron chi connectivity index (χ1n) is 2.27. The lowest BCUT2D eigenvalue weighted by atomic mass is 10.5. The van der Waals surface area contributed by atoms with Gasteiger partial charge in [-0.15, -0.1) is 0 Å². The van der Waals surface area contributed by atoms with Gasteiger partial charge in [-0.1, -0.05) is 6.92 Å². The minimum absolute atomic E-state index is 0.600. The fraction of sp³-hybridized carbons (Fsp3) is 0.500. The number of sulfonamides is 1. The summed E-state index contributed by atoms with van der Waals surface area (Å²) in [7, 11) is -3.37. The lowest BCUT2D eigenvalue weighted by molar-refractivity contribution is -0.116. The predicted molar refractivity (Wildman–Crippen MR) is 33.0 cm³/mol. The Morgan fingerprint density at radius 1 is 1.56 bits per heavy atom. The summed E-state index contributed by atoms with van der Waals surface area (Å²) in [5.74, 6) is -0.600. The highest BCUT2D eigenvalue weighted by molar-refractivity contribution is 7.89. The van der Waals surface area contributed by atoms with Crippen LogP contribution in [0.3, 0.4) is 0 Å². The van der Waals surface area contributed by atoms with Crippen LogP contribution in [0.5, 0.6) is 0 Å². The molecular formula is C4H8NO3S. The van der Waals surface area contributed by atoms with Crippen LogP contribution in [0.4, 0.5) is 0 Å². The van der Waals surface area contributed by atoms with Gasteiger partial charge >= 0.3 is 0 Å². The first kappa shape index (κ1) is 8.42. The topological polar surface area (TPSA) is 63.2 Å². The van der Waals surface area contributed by atoms with Crippen LogP contribution in [-0.2, 0) is 14.8 Å². The third-order valence-corrected chi connectivity index (χ3v) is 1.12. The van der Waals surface area contributed by atoms with E-state index < -0.39 is 15.9 Å². The smallest absolute Gasteiger partial charge is 0.237 e. The van der Waals surface area contributed by atoms with Gasteiger partial charge in [0, 0.05) is 6.42 Å². The molecule has 0 rings (SSSR count). The van der Waals surface area contributed by atoms with Crippen molar-refractivity contribution in [1.82, 2.24) is 4.72 Å². The molecule has 0 aromatic carbocycles. The Morgan fingerprint density at radius 3 is 2.11 bits per heavy atom. The van der Waals surface area contributed by atoms with Gasteiger partial charge < -0.3 is 0 Å². The second-order valence-electron chi connectivity index (χ2n) is 1.53. The van der Waals surface area contributed by atoms with Crippen LogP contribution >= 0.6 is 0 Å². The first-order chi connectivity index (χ1) is 3.95. The predicted octanol–water partition coefficient (Wildman–Crippen LogP) is -0.714. The molecule has 0 saturated carbocycles. The van der Waals surface area contributed by atoms with E-state index in [1.54, 1.807) is 4.72 Å². The number of rotatable bonds is 2. The van der Waals surface area contributed by atoms with E-state index in [4.69, 9.17) is 0 Å². The van der Waals surface area contributed by atoms with Gasteiger partial charge in [0.05, 0.1) is 6.26 Å². The summed E-state index contributed by atoms with van der Waals surface area (Å²) in [6.07, 6.45) is 2.06. The maximum Gasteiger partial charge on any atom is 0.237 e. The lowest BCUT2D eigenvalue weighted by Crippen LogP contribution is -2.28. The van der Waals surface area contributed by atoms with E-state index in [0.717, 1.165) is 12.7 Å². The van der Waals surface area contributed by atoms with E-state index >= 15 is 0 Å². The van der Waals surface area contributed by atoms with Crippen molar-refractivity contribution in [2.75, 3.05) is 6.26 Å². The van der Waals surface area contributed by atoms with Crippen LogP contribution in [0.15, 0.2) is 0 Å². The second kappa shape index (κ2) is 2.82. The standard InChI is InChI=1S/C4H8NO3S/c1-3-4(6)5-9(2,7)8/h3H,1-2H3,(H,5,6). The van der Waals surface area contributed by atoms with Gasteiger partial charge in [-0.05, 0) is 0 Å². The molecule has 5 heteroatoms. The van der Waals surface area contributed by atoms with E-state index in [1.165, 1.54) is 6.92 Å². The molecule has 1 radical (unpaired) electrons. The highest BCUT2D eigenvalue weighted by atomic mass is 32.2. The SMILES string of the molecule is C[CH]C(=O)NS(C)(=O)=O. The highest BCUT2D eigenvalue weighted by Crippen LogP contribution is 1.77. The second-order valence-corrected chi connectivity index (χ2v) is 3.28. The molecule has 4 nitrogen and oxygen atoms in total. The number of amides is 1. The summed E-state index contributed by atoms with van der Waals surface area (Å²) in [6, 6.07) is 0. The van der Waals surface area contributed by atoms with Gasteiger partial charge in [0.2, 0.25) is 15.9 Å². The van der Waals surface area contributed by atoms with Gasteiger partial charge in [0.1, 0.15) is 0 Å². The largest absolute Gasteiger partial charge is 0.274 e. The molecule has 0 aromatic rings. The Morgan fingerprint density at radius 2 is 2.00 bits per heavy atom. The zero-order valence-electron chi connectivity index (χ0n) is 5.21. The number of hydrogen-bond acceptors (Lipinski definition) is 3. The Labute approximate surface area is 54.3 Å². The molecule has 0 spiro atoms. The zero-order chi connectivity index (χ0) is 7.49. The fourth-order valence-electron chi connectivity index (χ4n) is 0.242. The van der Waals surface area contributed by atoms with Crippen molar-refractivity contribution < 1.29 is 13.2 Å². The molecule has 0 bridgehead atoms. The number of carbonyl (C=O) groups is 1. The van der Waals surface area contributed by atoms with Crippen molar-refractivity contribution in [2.45, 2.75) is 6.92 Å². The van der Waals surface area contributed by atoms with E-state index in [-0.39, 0.29) is 0 Å². The average molecular weight is 150 g/mol. The highest BCUT2D eigenvalue weighted by Gasteiger charge is 2.03. The van der Waals surface area contributed by atoms with E-state index in [2.05, 4.69) is 0 Å². The third kappa shape index (κ3) is 5.29. The Kier molecular flexibility index (Phi) is 2.64. The van der Waals surface area contributed by atoms with E-state index in [9.17, 15) is 13.2 Å². The minimum atomic E-state index is -3.37. The van der Waals surface area contributed by atoms with E-state index in [0.29, 0.717) is 0 Å². The molecule has 0 saturated heterocycles. The fourth-order valence-corrected chi connectivity index (χ4v) is 0.725. The first-order valence-corrected chi connectivity index (χ1v) is 4.16. The maximum absolute atomic E-state index is 10.3. The van der Waals surface area contributed by atoms with Crippen molar-refractivity contribution in [3.05, 3.63) is 6.42 Å². The molecule has 9 heavy (non-hydrogen) atoms. The van der Waals surface area contributed by atoms with Gasteiger partial charge in [-0.25, -0.2) is 8.42 Å². The minimum Gasteiger partial charge on any atom is -0.274 e. The summed E-state index contributed by atoms with van der Waals surface area (Å²) >= 11 is 0. The quantitative estimate of drug-likeness (QED) is 0.565. The van der Waals surface area contributed by atoms with Crippen LogP contribution in [0.2, 0.25) is 0 Å². The van der Waals surface area contributed by atoms with Gasteiger partial charge in [0.25, 0.3) is 0 Å². The molecule has 0 heterocycles. The molecule has 0 fully saturated rings. The Bertz CT molecular complexity index is 194. The molecule has 0 aliphatic carbocycles. The molecule has 1 amide bonds. The van der Waals surface area contributed by atoms with Gasteiger partial charge in [-0.2, -0.15) is 0 Å². The molecule has 1 N–H and O–H groups in total. The monoisotopic (exact) mass is 150 g/mol. The van der Waals surface area contributed by atoms with Crippen molar-refractivity contribution >= 4 is 15.9 Å². The van der Waals surface area contributed by atoms with Crippen molar-refractivity contribution in [1.29, 1.82) is 0 Å². The molecule has 0 unspecified atom stereocenters. The van der Waals surface area contributed by atoms with Crippen molar-refractivity contribution in [3.8, 4) is 0 Å². The molecule has 0 aliphatic heterocycles. The van der Waals surface area contributed by atoms with Crippen LogP contribution in [0, 0.1) is 6.42 Å². The summed E-state index contributed by atoms with van der Waals surface area (Å²) in [4.78, 5) is 10.3. The summed E-state index contributed by atoms with van der Waals surface area (Å²) < 4.78 is 22.2. The number of hydrogen-bond donors (Lipinski definition) is 1. The maximum atomic E-state index is 10.3. The van der Waals surface area contributed by atoms with Gasteiger partial charge in [0.15, 0.2) is 0 Å². The van der Waals surface area contributed by atoms with Crippen LogP contribution in [0.1, 0.15) is 6.92 Å². The van der Waals surface area contributed by atoms with Crippen LogP contribution in [-0.4, -0.2) is 20.6 Å². The normalized spacial score (nSPS) is 10.9. The number of carbonyl (C=O) groups excluding carboxylic acids is 1. The molecule has 0 aromatic heterocycles.